The number of benzene rings is 1. The Morgan fingerprint density at radius 2 is 1.90 bits per heavy atom. The van der Waals surface area contributed by atoms with E-state index < -0.39 is 10.0 Å². The van der Waals surface area contributed by atoms with Crippen molar-refractivity contribution >= 4 is 33.2 Å². The monoisotopic (exact) mass is 313 g/mol. The van der Waals surface area contributed by atoms with Crippen LogP contribution in [0.1, 0.15) is 10.5 Å². The van der Waals surface area contributed by atoms with Crippen LogP contribution in [0.2, 0.25) is 5.02 Å². The van der Waals surface area contributed by atoms with Crippen LogP contribution in [-0.2, 0) is 10.0 Å². The van der Waals surface area contributed by atoms with Gasteiger partial charge in [-0.3, -0.25) is 4.79 Å². The zero-order valence-electron chi connectivity index (χ0n) is 10.5. The SMILES string of the molecule is CN(C(=O)c1cc(Cl)c[nH]1)c1ccc(S(N)(=O)=O)cc1. The fourth-order valence-electron chi connectivity index (χ4n) is 1.65. The minimum atomic E-state index is -3.74. The quantitative estimate of drug-likeness (QED) is 0.900. The topological polar surface area (TPSA) is 96.3 Å². The van der Waals surface area contributed by atoms with E-state index in [2.05, 4.69) is 4.98 Å². The molecule has 0 unspecified atom stereocenters. The third-order valence-corrected chi connectivity index (χ3v) is 3.88. The van der Waals surface area contributed by atoms with Crippen molar-refractivity contribution in [1.29, 1.82) is 0 Å². The molecule has 2 rings (SSSR count). The van der Waals surface area contributed by atoms with E-state index in [1.807, 2.05) is 0 Å². The summed E-state index contributed by atoms with van der Waals surface area (Å²) in [5.41, 5.74) is 0.876. The van der Waals surface area contributed by atoms with Crippen LogP contribution in [0, 0.1) is 0 Å². The summed E-state index contributed by atoms with van der Waals surface area (Å²) >= 11 is 5.74. The predicted molar refractivity (Wildman–Crippen MR) is 76.4 cm³/mol. The van der Waals surface area contributed by atoms with E-state index in [-0.39, 0.29) is 10.8 Å². The van der Waals surface area contributed by atoms with Gasteiger partial charge in [0, 0.05) is 18.9 Å². The number of H-pyrrole nitrogens is 1. The number of anilines is 1. The number of primary sulfonamides is 1. The average Bonchev–Trinajstić information content (AvgIpc) is 2.83. The molecule has 106 valence electrons. The van der Waals surface area contributed by atoms with Crippen LogP contribution in [0.4, 0.5) is 5.69 Å². The van der Waals surface area contributed by atoms with Gasteiger partial charge in [0.15, 0.2) is 0 Å². The standard InChI is InChI=1S/C12H12ClN3O3S/c1-16(12(17)11-6-8(13)7-15-11)9-2-4-10(5-3-9)20(14,18)19/h2-7,15H,1H3,(H2,14,18,19). The Morgan fingerprint density at radius 3 is 2.35 bits per heavy atom. The lowest BCUT2D eigenvalue weighted by Gasteiger charge is -2.16. The van der Waals surface area contributed by atoms with Gasteiger partial charge < -0.3 is 9.88 Å². The molecule has 20 heavy (non-hydrogen) atoms. The number of carbonyl (C=O) groups excluding carboxylic acids is 1. The van der Waals surface area contributed by atoms with Gasteiger partial charge in [-0.25, -0.2) is 13.6 Å². The first-order valence-electron chi connectivity index (χ1n) is 5.54. The number of hydrogen-bond donors (Lipinski definition) is 2. The smallest absolute Gasteiger partial charge is 0.274 e. The molecule has 0 saturated carbocycles. The first-order valence-corrected chi connectivity index (χ1v) is 7.46. The number of amides is 1. The Morgan fingerprint density at radius 1 is 1.30 bits per heavy atom. The third-order valence-electron chi connectivity index (χ3n) is 2.74. The number of aromatic amines is 1. The lowest BCUT2D eigenvalue weighted by Crippen LogP contribution is -2.26. The summed E-state index contributed by atoms with van der Waals surface area (Å²) in [6.45, 7) is 0. The summed E-state index contributed by atoms with van der Waals surface area (Å²) in [6, 6.07) is 7.20. The molecule has 1 heterocycles. The summed E-state index contributed by atoms with van der Waals surface area (Å²) in [5.74, 6) is -0.291. The van der Waals surface area contributed by atoms with Crippen molar-refractivity contribution in [3.8, 4) is 0 Å². The first-order chi connectivity index (χ1) is 9.29. The number of rotatable bonds is 3. The number of aromatic nitrogens is 1. The Bertz CT molecular complexity index is 738. The number of nitrogens with zero attached hydrogens (tertiary/aromatic N) is 1. The fourth-order valence-corrected chi connectivity index (χ4v) is 2.33. The zero-order chi connectivity index (χ0) is 14.9. The summed E-state index contributed by atoms with van der Waals surface area (Å²) < 4.78 is 22.3. The lowest BCUT2D eigenvalue weighted by atomic mass is 10.3. The molecule has 0 spiro atoms. The van der Waals surface area contributed by atoms with Crippen molar-refractivity contribution in [3.63, 3.8) is 0 Å². The van der Waals surface area contributed by atoms with Crippen LogP contribution < -0.4 is 10.0 Å². The highest BCUT2D eigenvalue weighted by Gasteiger charge is 2.16. The third kappa shape index (κ3) is 3.01. The number of halogens is 1. The summed E-state index contributed by atoms with van der Waals surface area (Å²) in [7, 11) is -2.17. The van der Waals surface area contributed by atoms with Crippen molar-refractivity contribution in [2.24, 2.45) is 5.14 Å². The molecule has 0 radical (unpaired) electrons. The Hall–Kier alpha value is -1.83. The maximum absolute atomic E-state index is 12.1. The van der Waals surface area contributed by atoms with Gasteiger partial charge in [-0.1, -0.05) is 11.6 Å². The van der Waals surface area contributed by atoms with Gasteiger partial charge in [-0.15, -0.1) is 0 Å². The largest absolute Gasteiger partial charge is 0.356 e. The summed E-state index contributed by atoms with van der Waals surface area (Å²) in [6.07, 6.45) is 1.51. The van der Waals surface area contributed by atoms with Gasteiger partial charge in [0.2, 0.25) is 10.0 Å². The molecule has 1 aromatic carbocycles. The number of nitrogens with one attached hydrogen (secondary N) is 1. The van der Waals surface area contributed by atoms with E-state index in [0.29, 0.717) is 16.4 Å². The minimum Gasteiger partial charge on any atom is -0.356 e. The lowest BCUT2D eigenvalue weighted by molar-refractivity contribution is 0.0989. The Balaban J connectivity index is 2.25. The van der Waals surface area contributed by atoms with E-state index in [1.165, 1.54) is 41.4 Å². The molecule has 0 saturated heterocycles. The second-order valence-corrected chi connectivity index (χ2v) is 6.13. The molecule has 0 bridgehead atoms. The maximum Gasteiger partial charge on any atom is 0.274 e. The van der Waals surface area contributed by atoms with Gasteiger partial charge in [-0.05, 0) is 30.3 Å². The van der Waals surface area contributed by atoms with E-state index in [9.17, 15) is 13.2 Å². The van der Waals surface area contributed by atoms with Gasteiger partial charge in [0.25, 0.3) is 5.91 Å². The van der Waals surface area contributed by atoms with Crippen molar-refractivity contribution in [1.82, 2.24) is 4.98 Å². The Kier molecular flexibility index (Phi) is 3.85. The van der Waals surface area contributed by atoms with Crippen LogP contribution in [0.25, 0.3) is 0 Å². The van der Waals surface area contributed by atoms with Crippen molar-refractivity contribution in [2.75, 3.05) is 11.9 Å². The Labute approximate surface area is 121 Å². The summed E-state index contributed by atoms with van der Waals surface area (Å²) in [5, 5.41) is 5.44. The molecule has 6 nitrogen and oxygen atoms in total. The van der Waals surface area contributed by atoms with Gasteiger partial charge in [0.1, 0.15) is 5.69 Å². The van der Waals surface area contributed by atoms with Gasteiger partial charge >= 0.3 is 0 Å². The van der Waals surface area contributed by atoms with E-state index >= 15 is 0 Å². The van der Waals surface area contributed by atoms with Crippen LogP contribution in [-0.4, -0.2) is 26.4 Å². The second-order valence-electron chi connectivity index (χ2n) is 4.13. The predicted octanol–water partition coefficient (Wildman–Crippen LogP) is 1.59. The fraction of sp³-hybridized carbons (Fsp3) is 0.0833. The average molecular weight is 314 g/mol. The van der Waals surface area contributed by atoms with Gasteiger partial charge in [0.05, 0.1) is 9.92 Å². The van der Waals surface area contributed by atoms with E-state index in [4.69, 9.17) is 16.7 Å². The minimum absolute atomic E-state index is 0.00924. The van der Waals surface area contributed by atoms with Crippen LogP contribution in [0.5, 0.6) is 0 Å². The number of sulfonamides is 1. The molecular formula is C12H12ClN3O3S. The molecule has 0 atom stereocenters. The van der Waals surface area contributed by atoms with E-state index in [0.717, 1.165) is 0 Å². The maximum atomic E-state index is 12.1. The van der Waals surface area contributed by atoms with Crippen LogP contribution >= 0.6 is 11.6 Å². The molecule has 0 aliphatic heterocycles. The molecule has 1 aromatic heterocycles. The normalized spacial score (nSPS) is 11.3. The first kappa shape index (κ1) is 14.6. The van der Waals surface area contributed by atoms with Crippen molar-refractivity contribution in [3.05, 3.63) is 47.2 Å². The van der Waals surface area contributed by atoms with Crippen molar-refractivity contribution < 1.29 is 13.2 Å². The van der Waals surface area contributed by atoms with Crippen molar-refractivity contribution in [2.45, 2.75) is 4.90 Å². The zero-order valence-corrected chi connectivity index (χ0v) is 12.1. The van der Waals surface area contributed by atoms with E-state index in [1.54, 1.807) is 7.05 Å². The second kappa shape index (κ2) is 5.28. The van der Waals surface area contributed by atoms with Crippen LogP contribution in [0.3, 0.4) is 0 Å². The molecule has 1 amide bonds. The highest BCUT2D eigenvalue weighted by Crippen LogP contribution is 2.19. The number of nitrogens with two attached hydrogens (primary N) is 1. The van der Waals surface area contributed by atoms with Crippen LogP contribution in [0.15, 0.2) is 41.4 Å². The van der Waals surface area contributed by atoms with Gasteiger partial charge in [-0.2, -0.15) is 0 Å². The highest BCUT2D eigenvalue weighted by molar-refractivity contribution is 7.89. The molecule has 8 heteroatoms. The molecule has 0 aliphatic rings. The number of carbonyl (C=O) groups is 1. The number of hydrogen-bond acceptors (Lipinski definition) is 3. The molecule has 3 N–H and O–H groups in total. The summed E-state index contributed by atoms with van der Waals surface area (Å²) in [4.78, 5) is 16.2. The molecule has 0 fully saturated rings. The molecule has 2 aromatic rings. The molecule has 0 aliphatic carbocycles. The molecular weight excluding hydrogens is 302 g/mol. The highest BCUT2D eigenvalue weighted by atomic mass is 35.5.